The number of esters is 1. The zero-order valence-corrected chi connectivity index (χ0v) is 15.3. The topological polar surface area (TPSA) is 81.5 Å². The Morgan fingerprint density at radius 2 is 2.07 bits per heavy atom. The zero-order valence-electron chi connectivity index (χ0n) is 14.5. The number of ether oxygens (including phenoxy) is 2. The molecule has 0 aliphatic rings. The minimum atomic E-state index is -0.450. The first kappa shape index (κ1) is 18.5. The molecule has 3 aromatic rings. The van der Waals surface area contributed by atoms with Crippen molar-refractivity contribution in [1.82, 2.24) is 14.9 Å². The van der Waals surface area contributed by atoms with E-state index < -0.39 is 11.8 Å². The van der Waals surface area contributed by atoms with Crippen LogP contribution >= 0.6 is 12.2 Å². The summed E-state index contributed by atoms with van der Waals surface area (Å²) in [6, 6.07) is 11.1. The number of aromatic amines is 1. The van der Waals surface area contributed by atoms with E-state index >= 15 is 0 Å². The highest BCUT2D eigenvalue weighted by Crippen LogP contribution is 2.28. The third kappa shape index (κ3) is 4.09. The summed E-state index contributed by atoms with van der Waals surface area (Å²) in [6.07, 6.45) is 1.51. The molecule has 0 saturated heterocycles. The maximum atomic E-state index is 14.1. The van der Waals surface area contributed by atoms with Crippen LogP contribution in [0.5, 0.6) is 11.5 Å². The fraction of sp³-hybridized carbons (Fsp3) is 0.111. The van der Waals surface area contributed by atoms with Gasteiger partial charge in [0.2, 0.25) is 4.77 Å². The largest absolute Gasteiger partial charge is 0.493 e. The van der Waals surface area contributed by atoms with Crippen molar-refractivity contribution in [3.05, 3.63) is 58.6 Å². The fourth-order valence-corrected chi connectivity index (χ4v) is 2.52. The second-order valence-corrected chi connectivity index (χ2v) is 5.78. The van der Waals surface area contributed by atoms with Crippen LogP contribution in [0.2, 0.25) is 0 Å². The molecular formula is C18H15FN4O3S. The van der Waals surface area contributed by atoms with Gasteiger partial charge >= 0.3 is 5.97 Å². The molecule has 7 nitrogen and oxygen atoms in total. The Labute approximate surface area is 159 Å². The fourth-order valence-electron chi connectivity index (χ4n) is 2.34. The van der Waals surface area contributed by atoms with Gasteiger partial charge in [-0.3, -0.25) is 4.79 Å². The number of nitrogens with zero attached hydrogens (tertiary/aromatic N) is 3. The van der Waals surface area contributed by atoms with Gasteiger partial charge in [0.15, 0.2) is 17.3 Å². The van der Waals surface area contributed by atoms with Gasteiger partial charge in [-0.1, -0.05) is 12.1 Å². The van der Waals surface area contributed by atoms with Crippen molar-refractivity contribution in [2.75, 3.05) is 7.11 Å². The highest BCUT2D eigenvalue weighted by atomic mass is 32.1. The van der Waals surface area contributed by atoms with Crippen LogP contribution in [0.1, 0.15) is 12.5 Å². The van der Waals surface area contributed by atoms with E-state index in [1.807, 2.05) is 0 Å². The molecule has 1 N–H and O–H groups in total. The number of rotatable bonds is 5. The summed E-state index contributed by atoms with van der Waals surface area (Å²) in [5.74, 6) is 0.0375. The lowest BCUT2D eigenvalue weighted by molar-refractivity contribution is -0.132. The summed E-state index contributed by atoms with van der Waals surface area (Å²) in [5, 5.41) is 10.9. The number of methoxy groups -OCH3 is 1. The van der Waals surface area contributed by atoms with Crippen LogP contribution in [-0.4, -0.2) is 34.2 Å². The number of hydrogen-bond acceptors (Lipinski definition) is 6. The third-order valence-electron chi connectivity index (χ3n) is 3.53. The molecule has 0 atom stereocenters. The first-order valence-electron chi connectivity index (χ1n) is 7.82. The number of benzene rings is 2. The molecule has 1 heterocycles. The molecular weight excluding hydrogens is 371 g/mol. The number of carbonyl (C=O) groups excluding carboxylic acids is 1. The molecule has 0 amide bonds. The monoisotopic (exact) mass is 386 g/mol. The van der Waals surface area contributed by atoms with Crippen LogP contribution in [0, 0.1) is 10.6 Å². The standard InChI is InChI=1S/C18H15FN4O3S/c1-11(24)26-15-8-7-12(9-16(15)25-2)10-20-23-17(21-22-18(23)27)13-5-3-4-6-14(13)19/h3-10H,1-2H3,(H,22,27). The first-order chi connectivity index (χ1) is 13.0. The average molecular weight is 386 g/mol. The van der Waals surface area contributed by atoms with E-state index in [0.29, 0.717) is 17.1 Å². The molecule has 0 aliphatic heterocycles. The number of nitrogens with one attached hydrogen (secondary N) is 1. The molecule has 3 rings (SSSR count). The Kier molecular flexibility index (Phi) is 5.41. The molecule has 9 heteroatoms. The van der Waals surface area contributed by atoms with Gasteiger partial charge in [0.05, 0.1) is 18.9 Å². The molecule has 27 heavy (non-hydrogen) atoms. The Balaban J connectivity index is 1.96. The molecule has 0 radical (unpaired) electrons. The second kappa shape index (κ2) is 7.92. The molecule has 0 fully saturated rings. The number of H-pyrrole nitrogens is 1. The van der Waals surface area contributed by atoms with Gasteiger partial charge in [-0.15, -0.1) is 0 Å². The van der Waals surface area contributed by atoms with Gasteiger partial charge in [0.1, 0.15) is 5.82 Å². The Bertz CT molecular complexity index is 1070. The van der Waals surface area contributed by atoms with E-state index in [2.05, 4.69) is 15.3 Å². The van der Waals surface area contributed by atoms with Crippen molar-refractivity contribution in [2.45, 2.75) is 6.92 Å². The summed E-state index contributed by atoms with van der Waals surface area (Å²) in [7, 11) is 1.46. The van der Waals surface area contributed by atoms with E-state index in [1.54, 1.807) is 36.4 Å². The minimum absolute atomic E-state index is 0.216. The van der Waals surface area contributed by atoms with E-state index in [1.165, 1.54) is 31.0 Å². The molecule has 2 aromatic carbocycles. The molecule has 0 spiro atoms. The molecule has 0 bridgehead atoms. The number of halogens is 1. The molecule has 0 unspecified atom stereocenters. The van der Waals surface area contributed by atoms with Crippen LogP contribution in [0.4, 0.5) is 4.39 Å². The number of carbonyl (C=O) groups is 1. The van der Waals surface area contributed by atoms with Crippen LogP contribution in [0.15, 0.2) is 47.6 Å². The first-order valence-corrected chi connectivity index (χ1v) is 8.23. The smallest absolute Gasteiger partial charge is 0.308 e. The predicted octanol–water partition coefficient (Wildman–Crippen LogP) is 3.56. The molecule has 0 saturated carbocycles. The third-order valence-corrected chi connectivity index (χ3v) is 3.79. The van der Waals surface area contributed by atoms with Crippen LogP contribution in [0.3, 0.4) is 0 Å². The van der Waals surface area contributed by atoms with Gasteiger partial charge in [-0.25, -0.2) is 9.49 Å². The van der Waals surface area contributed by atoms with Gasteiger partial charge in [-0.05, 0) is 48.1 Å². The zero-order chi connectivity index (χ0) is 19.4. The van der Waals surface area contributed by atoms with Gasteiger partial charge in [0, 0.05) is 6.92 Å². The summed E-state index contributed by atoms with van der Waals surface area (Å²) in [6.45, 7) is 1.31. The number of aromatic nitrogens is 3. The van der Waals surface area contributed by atoms with Gasteiger partial charge in [0.25, 0.3) is 0 Å². The highest BCUT2D eigenvalue weighted by Gasteiger charge is 2.12. The molecule has 138 valence electrons. The summed E-state index contributed by atoms with van der Waals surface area (Å²) in [5.41, 5.74) is 0.926. The van der Waals surface area contributed by atoms with Crippen molar-refractivity contribution in [2.24, 2.45) is 5.10 Å². The quantitative estimate of drug-likeness (QED) is 0.314. The van der Waals surface area contributed by atoms with Crippen molar-refractivity contribution in [1.29, 1.82) is 0 Å². The lowest BCUT2D eigenvalue weighted by atomic mass is 10.2. The van der Waals surface area contributed by atoms with Gasteiger partial charge in [-0.2, -0.15) is 14.9 Å². The highest BCUT2D eigenvalue weighted by molar-refractivity contribution is 7.71. The van der Waals surface area contributed by atoms with E-state index in [-0.39, 0.29) is 16.2 Å². The summed E-state index contributed by atoms with van der Waals surface area (Å²) < 4.78 is 25.9. The predicted molar refractivity (Wildman–Crippen MR) is 100 cm³/mol. The maximum Gasteiger partial charge on any atom is 0.308 e. The van der Waals surface area contributed by atoms with Crippen LogP contribution in [-0.2, 0) is 4.79 Å². The average Bonchev–Trinajstić information content (AvgIpc) is 3.01. The van der Waals surface area contributed by atoms with Crippen LogP contribution < -0.4 is 9.47 Å². The molecule has 1 aromatic heterocycles. The lowest BCUT2D eigenvalue weighted by Crippen LogP contribution is -2.03. The molecule has 0 aliphatic carbocycles. The lowest BCUT2D eigenvalue weighted by Gasteiger charge is -2.08. The second-order valence-electron chi connectivity index (χ2n) is 5.39. The normalized spacial score (nSPS) is 10.9. The van der Waals surface area contributed by atoms with Crippen molar-refractivity contribution in [3.63, 3.8) is 0 Å². The number of hydrogen-bond donors (Lipinski definition) is 1. The van der Waals surface area contributed by atoms with E-state index in [4.69, 9.17) is 21.7 Å². The Morgan fingerprint density at radius 3 is 2.78 bits per heavy atom. The van der Waals surface area contributed by atoms with E-state index in [9.17, 15) is 9.18 Å². The van der Waals surface area contributed by atoms with Crippen molar-refractivity contribution in [3.8, 4) is 22.9 Å². The van der Waals surface area contributed by atoms with Crippen LogP contribution in [0.25, 0.3) is 11.4 Å². The summed E-state index contributed by atoms with van der Waals surface area (Å²) in [4.78, 5) is 11.1. The maximum absolute atomic E-state index is 14.1. The SMILES string of the molecule is COc1cc(C=Nn2c(-c3ccccc3F)n[nH]c2=S)ccc1OC(C)=O. The van der Waals surface area contributed by atoms with Crippen molar-refractivity contribution < 1.29 is 18.7 Å². The Hall–Kier alpha value is -3.33. The van der Waals surface area contributed by atoms with Crippen molar-refractivity contribution >= 4 is 24.4 Å². The summed E-state index contributed by atoms with van der Waals surface area (Å²) >= 11 is 5.17. The van der Waals surface area contributed by atoms with Gasteiger partial charge < -0.3 is 9.47 Å². The Morgan fingerprint density at radius 1 is 1.30 bits per heavy atom. The minimum Gasteiger partial charge on any atom is -0.493 e. The van der Waals surface area contributed by atoms with E-state index in [0.717, 1.165) is 0 Å².